The van der Waals surface area contributed by atoms with Gasteiger partial charge in [0.15, 0.2) is 0 Å². The van der Waals surface area contributed by atoms with E-state index in [4.69, 9.17) is 0 Å². The number of hydrogen-bond acceptors (Lipinski definition) is 2. The van der Waals surface area contributed by atoms with E-state index in [1.807, 2.05) is 0 Å². The number of aromatic nitrogens is 2. The lowest BCUT2D eigenvalue weighted by Crippen LogP contribution is -2.16. The second-order valence-electron chi connectivity index (χ2n) is 4.92. The van der Waals surface area contributed by atoms with Gasteiger partial charge in [-0.2, -0.15) is 18.3 Å². The van der Waals surface area contributed by atoms with E-state index in [1.54, 1.807) is 18.3 Å². The first-order valence-corrected chi connectivity index (χ1v) is 6.48. The van der Waals surface area contributed by atoms with E-state index in [0.717, 1.165) is 24.6 Å². The van der Waals surface area contributed by atoms with Gasteiger partial charge in [0.25, 0.3) is 0 Å². The largest absolute Gasteiger partial charge is 0.418 e. The number of nitrogens with zero attached hydrogens (tertiary/aromatic N) is 2. The highest BCUT2D eigenvalue weighted by atomic mass is 19.4. The van der Waals surface area contributed by atoms with Crippen molar-refractivity contribution in [3.8, 4) is 5.69 Å². The van der Waals surface area contributed by atoms with Gasteiger partial charge >= 0.3 is 6.18 Å². The van der Waals surface area contributed by atoms with Crippen molar-refractivity contribution in [2.45, 2.75) is 31.6 Å². The molecule has 0 saturated heterocycles. The molecule has 1 aliphatic rings. The third-order valence-corrected chi connectivity index (χ3v) is 3.25. The van der Waals surface area contributed by atoms with Crippen LogP contribution in [0.5, 0.6) is 0 Å². The summed E-state index contributed by atoms with van der Waals surface area (Å²) in [7, 11) is 0. The zero-order chi connectivity index (χ0) is 14.2. The number of alkyl halides is 3. The predicted molar refractivity (Wildman–Crippen MR) is 68.4 cm³/mol. The highest BCUT2D eigenvalue weighted by molar-refractivity contribution is 5.42. The van der Waals surface area contributed by atoms with Gasteiger partial charge in [0.2, 0.25) is 0 Å². The summed E-state index contributed by atoms with van der Waals surface area (Å²) in [5, 5.41) is 7.49. The van der Waals surface area contributed by atoms with Crippen LogP contribution in [-0.2, 0) is 12.7 Å². The number of nitrogens with one attached hydrogen (secondary N) is 1. The van der Waals surface area contributed by atoms with Crippen molar-refractivity contribution in [1.29, 1.82) is 0 Å². The number of para-hydroxylation sites is 1. The number of hydrogen-bond donors (Lipinski definition) is 1. The molecule has 1 aromatic carbocycles. The summed E-state index contributed by atoms with van der Waals surface area (Å²) < 4.78 is 40.1. The first-order chi connectivity index (χ1) is 9.54. The highest BCUT2D eigenvalue weighted by Crippen LogP contribution is 2.33. The molecule has 0 spiro atoms. The van der Waals surface area contributed by atoms with E-state index in [1.165, 1.54) is 16.8 Å². The summed E-state index contributed by atoms with van der Waals surface area (Å²) in [4.78, 5) is 0. The molecule has 20 heavy (non-hydrogen) atoms. The van der Waals surface area contributed by atoms with Gasteiger partial charge in [-0.1, -0.05) is 12.1 Å². The standard InChI is InChI=1S/C14H14F3N3/c15-14(16,17)12-3-1-2-4-13(12)20-8-7-11(19-20)9-18-10-5-6-10/h1-4,7-8,10,18H,5-6,9H2. The fraction of sp³-hybridized carbons (Fsp3) is 0.357. The molecule has 1 fully saturated rings. The van der Waals surface area contributed by atoms with Gasteiger partial charge in [-0.3, -0.25) is 0 Å². The molecule has 1 aromatic heterocycles. The van der Waals surface area contributed by atoms with Crippen molar-refractivity contribution in [2.24, 2.45) is 0 Å². The third kappa shape index (κ3) is 2.85. The molecular weight excluding hydrogens is 267 g/mol. The van der Waals surface area contributed by atoms with Gasteiger partial charge < -0.3 is 5.32 Å². The Bertz CT molecular complexity index is 600. The number of benzene rings is 1. The summed E-state index contributed by atoms with van der Waals surface area (Å²) in [6.45, 7) is 0.589. The van der Waals surface area contributed by atoms with Gasteiger partial charge in [0.05, 0.1) is 16.9 Å². The monoisotopic (exact) mass is 281 g/mol. The molecule has 0 aliphatic heterocycles. The zero-order valence-electron chi connectivity index (χ0n) is 10.7. The molecule has 0 atom stereocenters. The van der Waals surface area contributed by atoms with Crippen molar-refractivity contribution in [1.82, 2.24) is 15.1 Å². The molecule has 1 N–H and O–H groups in total. The minimum atomic E-state index is -4.38. The van der Waals surface area contributed by atoms with Crippen molar-refractivity contribution in [3.63, 3.8) is 0 Å². The molecule has 0 amide bonds. The Labute approximate surface area is 114 Å². The Hall–Kier alpha value is -1.82. The van der Waals surface area contributed by atoms with Crippen LogP contribution in [0.4, 0.5) is 13.2 Å². The van der Waals surface area contributed by atoms with E-state index in [-0.39, 0.29) is 5.69 Å². The molecule has 6 heteroatoms. The first-order valence-electron chi connectivity index (χ1n) is 6.48. The molecule has 1 heterocycles. The van der Waals surface area contributed by atoms with Crippen LogP contribution in [0, 0.1) is 0 Å². The Morgan fingerprint density at radius 3 is 2.65 bits per heavy atom. The Balaban J connectivity index is 1.85. The Morgan fingerprint density at radius 1 is 1.20 bits per heavy atom. The average molecular weight is 281 g/mol. The maximum atomic E-state index is 12.9. The molecule has 0 unspecified atom stereocenters. The maximum Gasteiger partial charge on any atom is 0.418 e. The highest BCUT2D eigenvalue weighted by Gasteiger charge is 2.33. The molecule has 2 aromatic rings. The summed E-state index contributed by atoms with van der Waals surface area (Å²) in [6, 6.07) is 7.73. The minimum Gasteiger partial charge on any atom is -0.308 e. The van der Waals surface area contributed by atoms with Crippen molar-refractivity contribution < 1.29 is 13.2 Å². The summed E-state index contributed by atoms with van der Waals surface area (Å²) in [5.74, 6) is 0. The minimum absolute atomic E-state index is 0.0534. The summed E-state index contributed by atoms with van der Waals surface area (Å²) >= 11 is 0. The summed E-state index contributed by atoms with van der Waals surface area (Å²) in [5.41, 5.74) is 0.122. The first kappa shape index (κ1) is 13.2. The molecule has 0 bridgehead atoms. The lowest BCUT2D eigenvalue weighted by molar-refractivity contribution is -0.137. The fourth-order valence-corrected chi connectivity index (χ4v) is 2.04. The molecule has 0 radical (unpaired) electrons. The Kier molecular flexibility index (Phi) is 3.25. The van der Waals surface area contributed by atoms with Crippen LogP contribution in [-0.4, -0.2) is 15.8 Å². The topological polar surface area (TPSA) is 29.9 Å². The molecule has 3 rings (SSSR count). The van der Waals surface area contributed by atoms with Gasteiger partial charge in [0.1, 0.15) is 0 Å². The lowest BCUT2D eigenvalue weighted by atomic mass is 10.2. The van der Waals surface area contributed by atoms with Gasteiger partial charge in [-0.25, -0.2) is 4.68 Å². The SMILES string of the molecule is FC(F)(F)c1ccccc1-n1ccc(CNC2CC2)n1. The van der Waals surface area contributed by atoms with E-state index >= 15 is 0 Å². The van der Waals surface area contributed by atoms with Crippen molar-refractivity contribution in [2.75, 3.05) is 0 Å². The van der Waals surface area contributed by atoms with Gasteiger partial charge in [0, 0.05) is 18.8 Å². The van der Waals surface area contributed by atoms with Crippen LogP contribution in [0.25, 0.3) is 5.69 Å². The van der Waals surface area contributed by atoms with Crippen LogP contribution < -0.4 is 5.32 Å². The molecular formula is C14H14F3N3. The second kappa shape index (κ2) is 4.94. The van der Waals surface area contributed by atoms with E-state index in [2.05, 4.69) is 10.4 Å². The fourth-order valence-electron chi connectivity index (χ4n) is 2.04. The van der Waals surface area contributed by atoms with Crippen LogP contribution >= 0.6 is 0 Å². The van der Waals surface area contributed by atoms with E-state index < -0.39 is 11.7 Å². The van der Waals surface area contributed by atoms with Gasteiger partial charge in [-0.15, -0.1) is 0 Å². The quantitative estimate of drug-likeness (QED) is 0.933. The van der Waals surface area contributed by atoms with Crippen molar-refractivity contribution in [3.05, 3.63) is 47.8 Å². The normalized spacial score (nSPS) is 15.6. The zero-order valence-corrected chi connectivity index (χ0v) is 10.7. The van der Waals surface area contributed by atoms with Gasteiger partial charge in [-0.05, 0) is 31.0 Å². The predicted octanol–water partition coefficient (Wildman–Crippen LogP) is 3.14. The van der Waals surface area contributed by atoms with Crippen LogP contribution in [0.15, 0.2) is 36.5 Å². The average Bonchev–Trinajstić information content (AvgIpc) is 3.12. The lowest BCUT2D eigenvalue weighted by Gasteiger charge is -2.12. The number of halogens is 3. The molecule has 1 saturated carbocycles. The van der Waals surface area contributed by atoms with Crippen LogP contribution in [0.1, 0.15) is 24.1 Å². The van der Waals surface area contributed by atoms with Crippen LogP contribution in [0.3, 0.4) is 0 Å². The third-order valence-electron chi connectivity index (χ3n) is 3.25. The molecule has 3 nitrogen and oxygen atoms in total. The van der Waals surface area contributed by atoms with E-state index in [0.29, 0.717) is 12.6 Å². The molecule has 1 aliphatic carbocycles. The smallest absolute Gasteiger partial charge is 0.308 e. The molecule has 106 valence electrons. The van der Waals surface area contributed by atoms with Crippen LogP contribution in [0.2, 0.25) is 0 Å². The second-order valence-corrected chi connectivity index (χ2v) is 4.92. The van der Waals surface area contributed by atoms with Crippen molar-refractivity contribution >= 4 is 0 Å². The maximum absolute atomic E-state index is 12.9. The Morgan fingerprint density at radius 2 is 1.95 bits per heavy atom. The van der Waals surface area contributed by atoms with E-state index in [9.17, 15) is 13.2 Å². The number of rotatable bonds is 4. The summed E-state index contributed by atoms with van der Waals surface area (Å²) in [6.07, 6.45) is -0.487.